The van der Waals surface area contributed by atoms with Crippen LogP contribution < -0.4 is 0 Å². The van der Waals surface area contributed by atoms with Gasteiger partial charge in [-0.2, -0.15) is 11.8 Å². The minimum absolute atomic E-state index is 0.171. The summed E-state index contributed by atoms with van der Waals surface area (Å²) in [7, 11) is 1.99. The number of likely N-dealkylation sites (tertiary alicyclic amines) is 1. The van der Waals surface area contributed by atoms with Gasteiger partial charge in [0.25, 0.3) is 0 Å². The predicted octanol–water partition coefficient (Wildman–Crippen LogP) is 5.13. The van der Waals surface area contributed by atoms with Crippen molar-refractivity contribution in [3.8, 4) is 0 Å². The fraction of sp³-hybridized carbons (Fsp3) is 0.667. The van der Waals surface area contributed by atoms with Crippen molar-refractivity contribution in [1.29, 1.82) is 0 Å². The molecule has 0 aromatic heterocycles. The van der Waals surface area contributed by atoms with Crippen LogP contribution in [0.25, 0.3) is 0 Å². The zero-order chi connectivity index (χ0) is 19.4. The van der Waals surface area contributed by atoms with Gasteiger partial charge in [0.2, 0.25) is 5.91 Å². The second-order valence-corrected chi connectivity index (χ2v) is 10.1. The first-order chi connectivity index (χ1) is 13.0. The van der Waals surface area contributed by atoms with Crippen LogP contribution in [0.4, 0.5) is 0 Å². The van der Waals surface area contributed by atoms with Gasteiger partial charge in [0.1, 0.15) is 0 Å². The quantitative estimate of drug-likeness (QED) is 0.626. The summed E-state index contributed by atoms with van der Waals surface area (Å²) in [5, 5.41) is 1.71. The summed E-state index contributed by atoms with van der Waals surface area (Å²) >= 11 is 14.2. The Bertz CT molecular complexity index is 651. The van der Waals surface area contributed by atoms with E-state index in [1.807, 2.05) is 35.8 Å². The Morgan fingerprint density at radius 2 is 1.96 bits per heavy atom. The van der Waals surface area contributed by atoms with Crippen molar-refractivity contribution >= 4 is 40.9 Å². The molecule has 1 aromatic carbocycles. The highest BCUT2D eigenvalue weighted by atomic mass is 35.5. The molecule has 0 bridgehead atoms. The van der Waals surface area contributed by atoms with Crippen molar-refractivity contribution in [3.05, 3.63) is 33.8 Å². The Labute approximate surface area is 177 Å². The van der Waals surface area contributed by atoms with Gasteiger partial charge >= 0.3 is 0 Å². The molecule has 0 radical (unpaired) electrons. The summed E-state index contributed by atoms with van der Waals surface area (Å²) in [4.78, 5) is 17.7. The number of amides is 1. The first-order valence-corrected chi connectivity index (χ1v) is 11.8. The molecule has 1 aliphatic carbocycles. The first kappa shape index (κ1) is 21.3. The van der Waals surface area contributed by atoms with Gasteiger partial charge in [-0.05, 0) is 68.6 Å². The van der Waals surface area contributed by atoms with Crippen LogP contribution in [-0.2, 0) is 11.2 Å². The molecular formula is C21H30Cl2N2OS. The highest BCUT2D eigenvalue weighted by Crippen LogP contribution is 2.35. The zero-order valence-electron chi connectivity index (χ0n) is 16.3. The summed E-state index contributed by atoms with van der Waals surface area (Å²) in [6.07, 6.45) is 6.53. The standard InChI is InChI=1S/C21H30Cl2N2OS/c1-3-27-16-7-9-19(25-10-4-5-11-25)20(14-16)24(2)21(26)13-15-6-8-17(22)18(23)12-15/h6,8,12,16,19-20H,3-5,7,9-11,13-14H2,1-2H3. The van der Waals surface area contributed by atoms with Gasteiger partial charge in [-0.3, -0.25) is 9.69 Å². The van der Waals surface area contributed by atoms with Crippen molar-refractivity contribution in [2.24, 2.45) is 0 Å². The third-order valence-electron chi connectivity index (χ3n) is 5.98. The molecule has 3 nitrogen and oxygen atoms in total. The monoisotopic (exact) mass is 428 g/mol. The van der Waals surface area contributed by atoms with Crippen LogP contribution in [0.15, 0.2) is 18.2 Å². The summed E-state index contributed by atoms with van der Waals surface area (Å²) in [6.45, 7) is 4.59. The molecule has 2 fully saturated rings. The molecule has 27 heavy (non-hydrogen) atoms. The molecule has 1 heterocycles. The molecule has 3 atom stereocenters. The highest BCUT2D eigenvalue weighted by Gasteiger charge is 2.38. The fourth-order valence-corrected chi connectivity index (χ4v) is 5.96. The maximum Gasteiger partial charge on any atom is 0.227 e. The van der Waals surface area contributed by atoms with Crippen LogP contribution >= 0.6 is 35.0 Å². The van der Waals surface area contributed by atoms with Crippen LogP contribution in [0.1, 0.15) is 44.6 Å². The Morgan fingerprint density at radius 1 is 1.22 bits per heavy atom. The maximum atomic E-state index is 13.1. The van der Waals surface area contributed by atoms with Crippen LogP contribution in [0.2, 0.25) is 10.0 Å². The van der Waals surface area contributed by atoms with Gasteiger partial charge in [0.05, 0.1) is 16.5 Å². The van der Waals surface area contributed by atoms with E-state index in [0.29, 0.717) is 33.8 Å². The second kappa shape index (κ2) is 9.87. The van der Waals surface area contributed by atoms with Crippen molar-refractivity contribution in [2.45, 2.75) is 62.8 Å². The minimum Gasteiger partial charge on any atom is -0.341 e. The lowest BCUT2D eigenvalue weighted by atomic mass is 9.87. The summed E-state index contributed by atoms with van der Waals surface area (Å²) in [5.74, 6) is 1.32. The molecule has 1 saturated carbocycles. The molecular weight excluding hydrogens is 399 g/mol. The summed E-state index contributed by atoms with van der Waals surface area (Å²) in [5.41, 5.74) is 0.925. The van der Waals surface area contributed by atoms with Gasteiger partial charge in [-0.25, -0.2) is 0 Å². The van der Waals surface area contributed by atoms with E-state index in [1.165, 1.54) is 38.8 Å². The number of thioether (sulfide) groups is 1. The van der Waals surface area contributed by atoms with E-state index in [0.717, 1.165) is 17.7 Å². The molecule has 0 N–H and O–H groups in total. The Hall–Kier alpha value is -0.420. The van der Waals surface area contributed by atoms with E-state index < -0.39 is 0 Å². The van der Waals surface area contributed by atoms with Gasteiger partial charge in [0.15, 0.2) is 0 Å². The average molecular weight is 429 g/mol. The molecule has 150 valence electrons. The Morgan fingerprint density at radius 3 is 2.63 bits per heavy atom. The second-order valence-electron chi connectivity index (χ2n) is 7.70. The molecule has 0 spiro atoms. The lowest BCUT2D eigenvalue weighted by Gasteiger charge is -2.45. The smallest absolute Gasteiger partial charge is 0.227 e. The lowest BCUT2D eigenvalue weighted by Crippen LogP contribution is -2.55. The molecule has 2 aliphatic rings. The van der Waals surface area contributed by atoms with Crippen LogP contribution in [0.3, 0.4) is 0 Å². The van der Waals surface area contributed by atoms with Gasteiger partial charge in [-0.1, -0.05) is 36.2 Å². The minimum atomic E-state index is 0.171. The summed E-state index contributed by atoms with van der Waals surface area (Å²) in [6, 6.07) is 6.28. The predicted molar refractivity (Wildman–Crippen MR) is 117 cm³/mol. The van der Waals surface area contributed by atoms with E-state index >= 15 is 0 Å². The molecule has 3 rings (SSSR count). The third kappa shape index (κ3) is 5.35. The van der Waals surface area contributed by atoms with Crippen LogP contribution in [0.5, 0.6) is 0 Å². The van der Waals surface area contributed by atoms with Crippen molar-refractivity contribution in [3.63, 3.8) is 0 Å². The summed E-state index contributed by atoms with van der Waals surface area (Å²) < 4.78 is 0. The molecule has 6 heteroatoms. The van der Waals surface area contributed by atoms with Gasteiger partial charge < -0.3 is 4.90 Å². The number of halogens is 2. The highest BCUT2D eigenvalue weighted by molar-refractivity contribution is 7.99. The zero-order valence-corrected chi connectivity index (χ0v) is 18.6. The fourth-order valence-electron chi connectivity index (χ4n) is 4.53. The number of carbonyl (C=O) groups excluding carboxylic acids is 1. The van der Waals surface area contributed by atoms with Crippen LogP contribution in [0, 0.1) is 0 Å². The SMILES string of the molecule is CCSC1CCC(N2CCCC2)C(N(C)C(=O)Cc2ccc(Cl)c(Cl)c2)C1. The van der Waals surface area contributed by atoms with Crippen molar-refractivity contribution < 1.29 is 4.79 Å². The van der Waals surface area contributed by atoms with E-state index in [4.69, 9.17) is 23.2 Å². The number of hydrogen-bond donors (Lipinski definition) is 0. The number of carbonyl (C=O) groups is 1. The van der Waals surface area contributed by atoms with Gasteiger partial charge in [-0.15, -0.1) is 0 Å². The van der Waals surface area contributed by atoms with E-state index in [-0.39, 0.29) is 5.91 Å². The molecule has 1 amide bonds. The van der Waals surface area contributed by atoms with Gasteiger partial charge in [0, 0.05) is 24.4 Å². The number of likely N-dealkylation sites (N-methyl/N-ethyl adjacent to an activating group) is 1. The van der Waals surface area contributed by atoms with E-state index in [9.17, 15) is 4.79 Å². The van der Waals surface area contributed by atoms with E-state index in [2.05, 4.69) is 11.8 Å². The number of hydrogen-bond acceptors (Lipinski definition) is 3. The van der Waals surface area contributed by atoms with E-state index in [1.54, 1.807) is 6.07 Å². The van der Waals surface area contributed by atoms with Crippen LogP contribution in [-0.4, -0.2) is 58.9 Å². The molecule has 1 aliphatic heterocycles. The topological polar surface area (TPSA) is 23.6 Å². The van der Waals surface area contributed by atoms with Crippen molar-refractivity contribution in [2.75, 3.05) is 25.9 Å². The molecule has 3 unspecified atom stereocenters. The molecule has 1 saturated heterocycles. The number of nitrogens with zero attached hydrogens (tertiary/aromatic N) is 2. The number of benzene rings is 1. The lowest BCUT2D eigenvalue weighted by molar-refractivity contribution is -0.133. The largest absolute Gasteiger partial charge is 0.341 e. The van der Waals surface area contributed by atoms with Crippen molar-refractivity contribution in [1.82, 2.24) is 9.80 Å². The Kier molecular flexibility index (Phi) is 7.78. The maximum absolute atomic E-state index is 13.1. The Balaban J connectivity index is 1.71. The number of rotatable bonds is 6. The average Bonchev–Trinajstić information content (AvgIpc) is 3.19. The molecule has 1 aromatic rings. The third-order valence-corrected chi connectivity index (χ3v) is 7.95. The normalized spacial score (nSPS) is 26.3. The first-order valence-electron chi connectivity index (χ1n) is 10.0.